The molecule has 0 amide bonds. The van der Waals surface area contributed by atoms with Gasteiger partial charge in [0.05, 0.1) is 16.7 Å². The molecule has 6 nitrogen and oxygen atoms in total. The van der Waals surface area contributed by atoms with Gasteiger partial charge in [-0.05, 0) is 49.1 Å². The number of fused-ring (bicyclic) bond motifs is 1. The van der Waals surface area contributed by atoms with E-state index in [1.807, 2.05) is 48.7 Å². The third-order valence-electron chi connectivity index (χ3n) is 5.42. The van der Waals surface area contributed by atoms with E-state index in [0.717, 1.165) is 55.0 Å². The van der Waals surface area contributed by atoms with Crippen LogP contribution in [0.2, 0.25) is 0 Å². The molecule has 1 aliphatic rings. The van der Waals surface area contributed by atoms with Crippen LogP contribution in [0.25, 0.3) is 11.0 Å². The van der Waals surface area contributed by atoms with E-state index in [2.05, 4.69) is 14.9 Å². The van der Waals surface area contributed by atoms with Crippen LogP contribution in [0.5, 0.6) is 0 Å². The summed E-state index contributed by atoms with van der Waals surface area (Å²) in [6.07, 6.45) is 3.70. The Labute approximate surface area is 158 Å². The Bertz CT molecular complexity index is 876. The summed E-state index contributed by atoms with van der Waals surface area (Å²) in [5.41, 5.74) is 3.04. The molecule has 0 spiro atoms. The van der Waals surface area contributed by atoms with Crippen molar-refractivity contribution in [2.45, 2.75) is 25.8 Å². The SMILES string of the molecule is O=C(O)CC1CCN(Cc2ccccn2)CC1Cc1nc2ccccc2[nH]1. The Morgan fingerprint density at radius 2 is 2.04 bits per heavy atom. The lowest BCUT2D eigenvalue weighted by Gasteiger charge is -2.37. The molecule has 3 heterocycles. The van der Waals surface area contributed by atoms with Gasteiger partial charge in [0, 0.05) is 32.1 Å². The van der Waals surface area contributed by atoms with Crippen LogP contribution in [-0.2, 0) is 17.8 Å². The maximum Gasteiger partial charge on any atom is 0.303 e. The monoisotopic (exact) mass is 364 g/mol. The molecule has 0 bridgehead atoms. The van der Waals surface area contributed by atoms with Gasteiger partial charge in [-0.3, -0.25) is 14.7 Å². The predicted octanol–water partition coefficient (Wildman–Crippen LogP) is 3.11. The van der Waals surface area contributed by atoms with Gasteiger partial charge in [0.25, 0.3) is 0 Å². The molecular weight excluding hydrogens is 340 g/mol. The third kappa shape index (κ3) is 4.34. The zero-order valence-electron chi connectivity index (χ0n) is 15.2. The molecule has 1 aliphatic heterocycles. The molecule has 2 atom stereocenters. The van der Waals surface area contributed by atoms with Crippen molar-refractivity contribution in [1.29, 1.82) is 0 Å². The molecular formula is C21H24N4O2. The van der Waals surface area contributed by atoms with Crippen molar-refractivity contribution < 1.29 is 9.90 Å². The van der Waals surface area contributed by atoms with Crippen LogP contribution in [0.1, 0.15) is 24.4 Å². The van der Waals surface area contributed by atoms with E-state index in [1.165, 1.54) is 0 Å². The number of carboxylic acids is 1. The van der Waals surface area contributed by atoms with Gasteiger partial charge in [0.15, 0.2) is 0 Å². The normalized spacial score (nSPS) is 20.7. The van der Waals surface area contributed by atoms with Crippen LogP contribution in [0.15, 0.2) is 48.7 Å². The van der Waals surface area contributed by atoms with Crippen molar-refractivity contribution in [1.82, 2.24) is 19.9 Å². The summed E-state index contributed by atoms with van der Waals surface area (Å²) in [7, 11) is 0. The van der Waals surface area contributed by atoms with Crippen LogP contribution in [0, 0.1) is 11.8 Å². The number of likely N-dealkylation sites (tertiary alicyclic amines) is 1. The van der Waals surface area contributed by atoms with Crippen LogP contribution < -0.4 is 0 Å². The van der Waals surface area contributed by atoms with Crippen LogP contribution in [-0.4, -0.2) is 44.0 Å². The van der Waals surface area contributed by atoms with Crippen molar-refractivity contribution in [3.8, 4) is 0 Å². The lowest BCUT2D eigenvalue weighted by Crippen LogP contribution is -2.41. The van der Waals surface area contributed by atoms with Crippen LogP contribution >= 0.6 is 0 Å². The van der Waals surface area contributed by atoms with Crippen LogP contribution in [0.3, 0.4) is 0 Å². The Morgan fingerprint density at radius 3 is 2.81 bits per heavy atom. The molecule has 6 heteroatoms. The first-order valence-electron chi connectivity index (χ1n) is 9.45. The van der Waals surface area contributed by atoms with Gasteiger partial charge in [0.2, 0.25) is 0 Å². The fourth-order valence-corrected chi connectivity index (χ4v) is 4.10. The van der Waals surface area contributed by atoms with Gasteiger partial charge in [0.1, 0.15) is 5.82 Å². The quantitative estimate of drug-likeness (QED) is 0.702. The number of carboxylic acid groups (broad SMARTS) is 1. The first-order valence-corrected chi connectivity index (χ1v) is 9.45. The topological polar surface area (TPSA) is 82.1 Å². The van der Waals surface area contributed by atoms with Crippen molar-refractivity contribution >= 4 is 17.0 Å². The highest BCUT2D eigenvalue weighted by molar-refractivity contribution is 5.74. The summed E-state index contributed by atoms with van der Waals surface area (Å²) in [5, 5.41) is 9.32. The molecule has 2 N–H and O–H groups in total. The summed E-state index contributed by atoms with van der Waals surface area (Å²) < 4.78 is 0. The van der Waals surface area contributed by atoms with E-state index in [1.54, 1.807) is 0 Å². The molecule has 27 heavy (non-hydrogen) atoms. The largest absolute Gasteiger partial charge is 0.481 e. The Hall–Kier alpha value is -2.73. The number of para-hydroxylation sites is 2. The number of H-pyrrole nitrogens is 1. The van der Waals surface area contributed by atoms with E-state index >= 15 is 0 Å². The maximum absolute atomic E-state index is 11.3. The van der Waals surface area contributed by atoms with E-state index in [0.29, 0.717) is 0 Å². The number of pyridine rings is 1. The number of carbonyl (C=O) groups is 1. The fraction of sp³-hybridized carbons (Fsp3) is 0.381. The highest BCUT2D eigenvalue weighted by Crippen LogP contribution is 2.30. The second-order valence-corrected chi connectivity index (χ2v) is 7.37. The summed E-state index contributed by atoms with van der Waals surface area (Å²) in [6.45, 7) is 2.58. The van der Waals surface area contributed by atoms with Gasteiger partial charge in [-0.25, -0.2) is 4.98 Å². The number of hydrogen-bond donors (Lipinski definition) is 2. The summed E-state index contributed by atoms with van der Waals surface area (Å²) in [4.78, 5) is 26.2. The van der Waals surface area contributed by atoms with Crippen molar-refractivity contribution in [3.05, 3.63) is 60.2 Å². The molecule has 0 aliphatic carbocycles. The maximum atomic E-state index is 11.3. The number of nitrogens with one attached hydrogen (secondary N) is 1. The number of nitrogens with zero attached hydrogens (tertiary/aromatic N) is 3. The number of piperidine rings is 1. The molecule has 1 aromatic carbocycles. The van der Waals surface area contributed by atoms with Gasteiger partial charge >= 0.3 is 5.97 Å². The lowest BCUT2D eigenvalue weighted by molar-refractivity contribution is -0.139. The Balaban J connectivity index is 1.50. The molecule has 4 rings (SSSR count). The second-order valence-electron chi connectivity index (χ2n) is 7.37. The minimum Gasteiger partial charge on any atom is -0.481 e. The number of hydrogen-bond acceptors (Lipinski definition) is 4. The molecule has 0 radical (unpaired) electrons. The zero-order chi connectivity index (χ0) is 18.6. The van der Waals surface area contributed by atoms with Gasteiger partial charge < -0.3 is 10.1 Å². The van der Waals surface area contributed by atoms with Crippen molar-refractivity contribution in [3.63, 3.8) is 0 Å². The molecule has 140 valence electrons. The van der Waals surface area contributed by atoms with E-state index in [4.69, 9.17) is 4.98 Å². The molecule has 3 aromatic rings. The summed E-state index contributed by atoms with van der Waals surface area (Å²) in [5.74, 6) is 0.666. The highest BCUT2D eigenvalue weighted by Gasteiger charge is 2.31. The lowest BCUT2D eigenvalue weighted by atomic mass is 9.81. The smallest absolute Gasteiger partial charge is 0.303 e. The van der Waals surface area contributed by atoms with E-state index in [9.17, 15) is 9.90 Å². The first kappa shape index (κ1) is 17.7. The number of aromatic nitrogens is 3. The van der Waals surface area contributed by atoms with Gasteiger partial charge in [-0.2, -0.15) is 0 Å². The van der Waals surface area contributed by atoms with Crippen molar-refractivity contribution in [2.24, 2.45) is 11.8 Å². The van der Waals surface area contributed by atoms with Gasteiger partial charge in [-0.15, -0.1) is 0 Å². The fourth-order valence-electron chi connectivity index (χ4n) is 4.10. The highest BCUT2D eigenvalue weighted by atomic mass is 16.4. The second kappa shape index (κ2) is 7.88. The first-order chi connectivity index (χ1) is 13.2. The minimum atomic E-state index is -0.715. The molecule has 2 unspecified atom stereocenters. The average molecular weight is 364 g/mol. The number of aliphatic carboxylic acids is 1. The summed E-state index contributed by atoms with van der Waals surface area (Å²) >= 11 is 0. The zero-order valence-corrected chi connectivity index (χ0v) is 15.2. The molecule has 0 saturated carbocycles. The average Bonchev–Trinajstić information content (AvgIpc) is 3.07. The predicted molar refractivity (Wildman–Crippen MR) is 103 cm³/mol. The standard InChI is InChI=1S/C21H24N4O2/c26-21(27)12-15-8-10-25(14-17-5-3-4-9-22-17)13-16(15)11-20-23-18-6-1-2-7-19(18)24-20/h1-7,9,15-16H,8,10-14H2,(H,23,24)(H,26,27). The van der Waals surface area contributed by atoms with Crippen LogP contribution in [0.4, 0.5) is 0 Å². The molecule has 1 saturated heterocycles. The van der Waals surface area contributed by atoms with Gasteiger partial charge in [-0.1, -0.05) is 18.2 Å². The van der Waals surface area contributed by atoms with E-state index < -0.39 is 5.97 Å². The summed E-state index contributed by atoms with van der Waals surface area (Å²) in [6, 6.07) is 14.0. The number of aromatic amines is 1. The number of rotatable bonds is 6. The minimum absolute atomic E-state index is 0.177. The Morgan fingerprint density at radius 1 is 1.19 bits per heavy atom. The molecule has 1 fully saturated rings. The number of imidazole rings is 1. The third-order valence-corrected chi connectivity index (χ3v) is 5.42. The Kier molecular flexibility index (Phi) is 5.16. The van der Waals surface area contributed by atoms with E-state index in [-0.39, 0.29) is 18.3 Å². The van der Waals surface area contributed by atoms with Crippen molar-refractivity contribution in [2.75, 3.05) is 13.1 Å². The molecule has 2 aromatic heterocycles. The number of benzene rings is 1.